The van der Waals surface area contributed by atoms with Crippen LogP contribution in [0.5, 0.6) is 11.5 Å². The molecule has 0 radical (unpaired) electrons. The number of Topliss-reactive ketones (excluding diaryl/α,β-unsaturated/α-hetero) is 1. The first-order valence-corrected chi connectivity index (χ1v) is 9.49. The number of esters is 1. The van der Waals surface area contributed by atoms with E-state index in [-0.39, 0.29) is 30.2 Å². The number of ketones is 1. The van der Waals surface area contributed by atoms with Crippen molar-refractivity contribution in [1.29, 1.82) is 0 Å². The van der Waals surface area contributed by atoms with Crippen molar-refractivity contribution in [3.05, 3.63) is 53.8 Å². The number of anilines is 1. The van der Waals surface area contributed by atoms with Crippen molar-refractivity contribution in [2.45, 2.75) is 13.3 Å². The molecule has 1 saturated heterocycles. The summed E-state index contributed by atoms with van der Waals surface area (Å²) in [4.78, 5) is 38.5. The predicted molar refractivity (Wildman–Crippen MR) is 106 cm³/mol. The van der Waals surface area contributed by atoms with Crippen LogP contribution in [0.1, 0.15) is 23.7 Å². The van der Waals surface area contributed by atoms with Crippen LogP contribution in [0.4, 0.5) is 10.1 Å². The molecular formula is C22H22FNO6. The minimum absolute atomic E-state index is 0.0104. The van der Waals surface area contributed by atoms with Crippen LogP contribution in [0.25, 0.3) is 0 Å². The number of hydrogen-bond acceptors (Lipinski definition) is 6. The number of ether oxygens (including phenoxy) is 3. The Morgan fingerprint density at radius 3 is 2.57 bits per heavy atom. The van der Waals surface area contributed by atoms with Gasteiger partial charge in [-0.3, -0.25) is 14.4 Å². The van der Waals surface area contributed by atoms with Crippen LogP contribution in [0.2, 0.25) is 0 Å². The predicted octanol–water partition coefficient (Wildman–Crippen LogP) is 3.01. The molecule has 1 aliphatic rings. The normalized spacial score (nSPS) is 15.8. The summed E-state index contributed by atoms with van der Waals surface area (Å²) >= 11 is 0. The lowest BCUT2D eigenvalue weighted by atomic mass is 10.1. The van der Waals surface area contributed by atoms with E-state index in [1.165, 1.54) is 24.1 Å². The van der Waals surface area contributed by atoms with Crippen LogP contribution in [-0.2, 0) is 14.3 Å². The van der Waals surface area contributed by atoms with E-state index in [0.717, 1.165) is 6.07 Å². The van der Waals surface area contributed by atoms with Crippen molar-refractivity contribution in [2.24, 2.45) is 5.92 Å². The van der Waals surface area contributed by atoms with Crippen LogP contribution in [-0.4, -0.2) is 44.5 Å². The van der Waals surface area contributed by atoms with Crippen LogP contribution in [0.15, 0.2) is 42.5 Å². The SMILES string of the molecule is CCOc1ccc(N2CC(C(=O)OCC(=O)c3cc(F)ccc3OC)CC2=O)cc1. The van der Waals surface area contributed by atoms with Gasteiger partial charge in [-0.25, -0.2) is 4.39 Å². The summed E-state index contributed by atoms with van der Waals surface area (Å²) in [5, 5.41) is 0. The van der Waals surface area contributed by atoms with E-state index in [2.05, 4.69) is 0 Å². The minimum Gasteiger partial charge on any atom is -0.496 e. The third kappa shape index (κ3) is 4.76. The highest BCUT2D eigenvalue weighted by Gasteiger charge is 2.36. The third-order valence-electron chi connectivity index (χ3n) is 4.73. The number of methoxy groups -OCH3 is 1. The van der Waals surface area contributed by atoms with Crippen LogP contribution >= 0.6 is 0 Å². The Kier molecular flexibility index (Phi) is 6.66. The van der Waals surface area contributed by atoms with E-state index < -0.39 is 30.1 Å². The molecule has 30 heavy (non-hydrogen) atoms. The van der Waals surface area contributed by atoms with Gasteiger partial charge in [0.25, 0.3) is 0 Å². The van der Waals surface area contributed by atoms with Crippen molar-refractivity contribution in [3.8, 4) is 11.5 Å². The van der Waals surface area contributed by atoms with E-state index >= 15 is 0 Å². The van der Waals surface area contributed by atoms with Gasteiger partial charge in [0.05, 0.1) is 25.2 Å². The monoisotopic (exact) mass is 415 g/mol. The molecule has 0 spiro atoms. The molecule has 2 aromatic carbocycles. The molecule has 1 amide bonds. The summed E-state index contributed by atoms with van der Waals surface area (Å²) in [5.41, 5.74) is 0.642. The summed E-state index contributed by atoms with van der Waals surface area (Å²) in [5.74, 6) is -1.86. The topological polar surface area (TPSA) is 82.1 Å². The smallest absolute Gasteiger partial charge is 0.311 e. The maximum atomic E-state index is 13.4. The zero-order valence-electron chi connectivity index (χ0n) is 16.7. The molecule has 2 aromatic rings. The molecular weight excluding hydrogens is 393 g/mol. The lowest BCUT2D eigenvalue weighted by molar-refractivity contribution is -0.147. The van der Waals surface area contributed by atoms with Gasteiger partial charge in [-0.05, 0) is 49.4 Å². The number of amides is 1. The second-order valence-electron chi connectivity index (χ2n) is 6.71. The number of hydrogen-bond donors (Lipinski definition) is 0. The van der Waals surface area contributed by atoms with Crippen LogP contribution in [0, 0.1) is 11.7 Å². The number of nitrogens with zero attached hydrogens (tertiary/aromatic N) is 1. The average molecular weight is 415 g/mol. The van der Waals surface area contributed by atoms with Crippen molar-refractivity contribution in [1.82, 2.24) is 0 Å². The highest BCUT2D eigenvalue weighted by molar-refractivity contribution is 6.02. The fourth-order valence-electron chi connectivity index (χ4n) is 3.23. The van der Waals surface area contributed by atoms with Gasteiger partial charge in [-0.2, -0.15) is 0 Å². The quantitative estimate of drug-likeness (QED) is 0.487. The van der Waals surface area contributed by atoms with E-state index in [1.807, 2.05) is 6.92 Å². The molecule has 1 atom stereocenters. The Labute approximate surface area is 173 Å². The maximum Gasteiger partial charge on any atom is 0.311 e. The molecule has 1 unspecified atom stereocenters. The van der Waals surface area contributed by atoms with Crippen molar-refractivity contribution in [3.63, 3.8) is 0 Å². The van der Waals surface area contributed by atoms with Gasteiger partial charge in [-0.1, -0.05) is 0 Å². The molecule has 0 N–H and O–H groups in total. The Morgan fingerprint density at radius 1 is 1.17 bits per heavy atom. The van der Waals surface area contributed by atoms with Crippen molar-refractivity contribution < 1.29 is 33.0 Å². The van der Waals surface area contributed by atoms with Gasteiger partial charge in [0.1, 0.15) is 17.3 Å². The fraction of sp³-hybridized carbons (Fsp3) is 0.318. The Bertz CT molecular complexity index is 943. The first-order chi connectivity index (χ1) is 14.4. The molecule has 3 rings (SSSR count). The molecule has 7 nitrogen and oxygen atoms in total. The number of carbonyl (C=O) groups is 3. The molecule has 8 heteroatoms. The first kappa shape index (κ1) is 21.3. The second kappa shape index (κ2) is 9.39. The summed E-state index contributed by atoms with van der Waals surface area (Å²) < 4.78 is 29.0. The molecule has 0 aliphatic carbocycles. The van der Waals surface area contributed by atoms with Crippen molar-refractivity contribution in [2.75, 3.05) is 31.8 Å². The number of carbonyl (C=O) groups excluding carboxylic acids is 3. The summed E-state index contributed by atoms with van der Waals surface area (Å²) in [7, 11) is 1.36. The first-order valence-electron chi connectivity index (χ1n) is 9.49. The average Bonchev–Trinajstić information content (AvgIpc) is 3.14. The van der Waals surface area contributed by atoms with Gasteiger partial charge in [-0.15, -0.1) is 0 Å². The summed E-state index contributed by atoms with van der Waals surface area (Å²) in [6, 6.07) is 10.5. The van der Waals surface area contributed by atoms with Crippen LogP contribution < -0.4 is 14.4 Å². The zero-order chi connectivity index (χ0) is 21.7. The summed E-state index contributed by atoms with van der Waals surface area (Å²) in [6.45, 7) is 2.01. The van der Waals surface area contributed by atoms with E-state index in [0.29, 0.717) is 18.0 Å². The Hall–Kier alpha value is -3.42. The van der Waals surface area contributed by atoms with Crippen LogP contribution in [0.3, 0.4) is 0 Å². The molecule has 1 heterocycles. The Balaban J connectivity index is 1.59. The number of halogens is 1. The van der Waals surface area contributed by atoms with Gasteiger partial charge < -0.3 is 19.1 Å². The van der Waals surface area contributed by atoms with Gasteiger partial charge in [0.15, 0.2) is 6.61 Å². The number of rotatable bonds is 8. The third-order valence-corrected chi connectivity index (χ3v) is 4.73. The Morgan fingerprint density at radius 2 is 1.90 bits per heavy atom. The molecule has 158 valence electrons. The lowest BCUT2D eigenvalue weighted by Crippen LogP contribution is -2.27. The highest BCUT2D eigenvalue weighted by atomic mass is 19.1. The lowest BCUT2D eigenvalue weighted by Gasteiger charge is -2.17. The molecule has 0 aromatic heterocycles. The highest BCUT2D eigenvalue weighted by Crippen LogP contribution is 2.28. The van der Waals surface area contributed by atoms with Gasteiger partial charge >= 0.3 is 5.97 Å². The minimum atomic E-state index is -0.689. The van der Waals surface area contributed by atoms with Gasteiger partial charge in [0, 0.05) is 18.7 Å². The fourth-order valence-corrected chi connectivity index (χ4v) is 3.23. The molecule has 1 fully saturated rings. The molecule has 1 aliphatic heterocycles. The van der Waals surface area contributed by atoms with Gasteiger partial charge in [0.2, 0.25) is 11.7 Å². The molecule has 0 bridgehead atoms. The zero-order valence-corrected chi connectivity index (χ0v) is 16.7. The van der Waals surface area contributed by atoms with E-state index in [9.17, 15) is 18.8 Å². The number of benzene rings is 2. The van der Waals surface area contributed by atoms with E-state index in [4.69, 9.17) is 14.2 Å². The standard InChI is InChI=1S/C22H22FNO6/c1-3-29-17-7-5-16(6-8-17)24-12-14(10-21(24)26)22(27)30-13-19(25)18-11-15(23)4-9-20(18)28-2/h4-9,11,14H,3,10,12-13H2,1-2H3. The maximum absolute atomic E-state index is 13.4. The van der Waals surface area contributed by atoms with Crippen molar-refractivity contribution >= 4 is 23.3 Å². The summed E-state index contributed by atoms with van der Waals surface area (Å²) in [6.07, 6.45) is -0.0104. The molecule has 0 saturated carbocycles. The second-order valence-corrected chi connectivity index (χ2v) is 6.71. The largest absolute Gasteiger partial charge is 0.496 e. The van der Waals surface area contributed by atoms with E-state index in [1.54, 1.807) is 24.3 Å².